The normalized spacial score (nSPS) is 12.9. The molecule has 4 nitrogen and oxygen atoms in total. The lowest BCUT2D eigenvalue weighted by Crippen LogP contribution is -2.27. The van der Waals surface area contributed by atoms with Gasteiger partial charge < -0.3 is 10.2 Å². The monoisotopic (exact) mass is 386 g/mol. The average Bonchev–Trinajstić information content (AvgIpc) is 2.93. The number of carbonyl (C=O) groups excluding carboxylic acids is 2. The summed E-state index contributed by atoms with van der Waals surface area (Å²) in [4.78, 5) is 26.4. The zero-order valence-corrected chi connectivity index (χ0v) is 15.5. The lowest BCUT2D eigenvalue weighted by molar-refractivity contribution is -0.116. The van der Waals surface area contributed by atoms with Gasteiger partial charge >= 0.3 is 0 Å². The highest BCUT2D eigenvalue weighted by Gasteiger charge is 2.27. The molecule has 0 radical (unpaired) electrons. The minimum absolute atomic E-state index is 0.0155. The van der Waals surface area contributed by atoms with Gasteiger partial charge in [0.05, 0.1) is 11.4 Å². The first kappa shape index (κ1) is 16.7. The maximum atomic E-state index is 12.7. The quantitative estimate of drug-likeness (QED) is 0.839. The molecule has 0 aliphatic carbocycles. The smallest absolute Gasteiger partial charge is 0.255 e. The van der Waals surface area contributed by atoms with E-state index >= 15 is 0 Å². The van der Waals surface area contributed by atoms with E-state index in [0.29, 0.717) is 17.8 Å². The Kier molecular flexibility index (Phi) is 4.45. The Morgan fingerprint density at radius 3 is 2.62 bits per heavy atom. The molecule has 3 rings (SSSR count). The standard InChI is InChI=1S/C19H19BrN2O2/c1-11-4-5-12(2)16(8-11)19(24)21-17-10-15(20)9-14-6-7-22(13(3)23)18(14)17/h4-5,8-10H,6-7H2,1-3H3,(H,21,24). The Morgan fingerprint density at radius 1 is 1.17 bits per heavy atom. The molecule has 0 aromatic heterocycles. The Morgan fingerprint density at radius 2 is 1.92 bits per heavy atom. The van der Waals surface area contributed by atoms with Crippen LogP contribution in [0.1, 0.15) is 34.0 Å². The molecule has 0 fully saturated rings. The zero-order valence-electron chi connectivity index (χ0n) is 13.9. The van der Waals surface area contributed by atoms with Crippen LogP contribution in [-0.4, -0.2) is 18.4 Å². The molecule has 1 aliphatic heterocycles. The van der Waals surface area contributed by atoms with Gasteiger partial charge in [0.15, 0.2) is 0 Å². The fourth-order valence-electron chi connectivity index (χ4n) is 3.09. The minimum atomic E-state index is -0.160. The number of halogens is 1. The molecular formula is C19H19BrN2O2. The molecule has 5 heteroatoms. The summed E-state index contributed by atoms with van der Waals surface area (Å²) >= 11 is 3.49. The molecule has 2 amide bonds. The van der Waals surface area contributed by atoms with Crippen LogP contribution in [0.5, 0.6) is 0 Å². The van der Waals surface area contributed by atoms with Gasteiger partial charge in [0, 0.05) is 23.5 Å². The topological polar surface area (TPSA) is 49.4 Å². The van der Waals surface area contributed by atoms with Crippen molar-refractivity contribution in [1.29, 1.82) is 0 Å². The van der Waals surface area contributed by atoms with E-state index in [1.54, 1.807) is 11.8 Å². The predicted octanol–water partition coefficient (Wildman–Crippen LogP) is 4.23. The lowest BCUT2D eigenvalue weighted by atomic mass is 10.0. The van der Waals surface area contributed by atoms with Crippen LogP contribution in [0, 0.1) is 13.8 Å². The molecule has 0 saturated carbocycles. The molecule has 1 aliphatic rings. The molecule has 124 valence electrons. The number of benzene rings is 2. The number of hydrogen-bond donors (Lipinski definition) is 1. The van der Waals surface area contributed by atoms with Crippen LogP contribution in [0.3, 0.4) is 0 Å². The highest BCUT2D eigenvalue weighted by molar-refractivity contribution is 9.10. The molecule has 2 aromatic rings. The van der Waals surface area contributed by atoms with Gasteiger partial charge in [-0.1, -0.05) is 33.6 Å². The van der Waals surface area contributed by atoms with Crippen molar-refractivity contribution < 1.29 is 9.59 Å². The van der Waals surface area contributed by atoms with Gasteiger partial charge in [0.25, 0.3) is 5.91 Å². The summed E-state index contributed by atoms with van der Waals surface area (Å²) in [6, 6.07) is 9.67. The van der Waals surface area contributed by atoms with Gasteiger partial charge in [-0.3, -0.25) is 9.59 Å². The Balaban J connectivity index is 2.00. The first-order valence-electron chi connectivity index (χ1n) is 7.86. The van der Waals surface area contributed by atoms with Crippen molar-refractivity contribution in [1.82, 2.24) is 0 Å². The molecule has 0 atom stereocenters. The third-order valence-electron chi connectivity index (χ3n) is 4.29. The van der Waals surface area contributed by atoms with Gasteiger partial charge in [-0.25, -0.2) is 0 Å². The van der Waals surface area contributed by atoms with E-state index in [9.17, 15) is 9.59 Å². The average molecular weight is 387 g/mol. The molecule has 0 unspecified atom stereocenters. The maximum absolute atomic E-state index is 12.7. The van der Waals surface area contributed by atoms with E-state index in [1.165, 1.54) is 0 Å². The van der Waals surface area contributed by atoms with Crippen molar-refractivity contribution in [3.8, 4) is 0 Å². The minimum Gasteiger partial charge on any atom is -0.320 e. The van der Waals surface area contributed by atoms with Crippen LogP contribution in [0.4, 0.5) is 11.4 Å². The second-order valence-electron chi connectivity index (χ2n) is 6.15. The number of rotatable bonds is 2. The first-order chi connectivity index (χ1) is 11.4. The number of aryl methyl sites for hydroxylation is 2. The van der Waals surface area contributed by atoms with E-state index in [1.807, 2.05) is 44.2 Å². The van der Waals surface area contributed by atoms with Crippen LogP contribution < -0.4 is 10.2 Å². The third-order valence-corrected chi connectivity index (χ3v) is 4.75. The number of hydrogen-bond acceptors (Lipinski definition) is 2. The van der Waals surface area contributed by atoms with Gasteiger partial charge in [-0.2, -0.15) is 0 Å². The summed E-state index contributed by atoms with van der Waals surface area (Å²) in [5.74, 6) is -0.176. The van der Waals surface area contributed by atoms with Crippen molar-refractivity contribution >= 4 is 39.1 Å². The maximum Gasteiger partial charge on any atom is 0.255 e. The summed E-state index contributed by atoms with van der Waals surface area (Å²) in [5.41, 5.74) is 5.15. The summed E-state index contributed by atoms with van der Waals surface area (Å²) in [5, 5.41) is 2.99. The van der Waals surface area contributed by atoms with Crippen LogP contribution in [0.2, 0.25) is 0 Å². The van der Waals surface area contributed by atoms with E-state index < -0.39 is 0 Å². The molecule has 24 heavy (non-hydrogen) atoms. The number of fused-ring (bicyclic) bond motifs is 1. The molecular weight excluding hydrogens is 368 g/mol. The second kappa shape index (κ2) is 6.40. The molecule has 1 N–H and O–H groups in total. The highest BCUT2D eigenvalue weighted by Crippen LogP contribution is 2.38. The van der Waals surface area contributed by atoms with Crippen molar-refractivity contribution in [2.75, 3.05) is 16.8 Å². The van der Waals surface area contributed by atoms with E-state index in [2.05, 4.69) is 21.2 Å². The van der Waals surface area contributed by atoms with Crippen LogP contribution >= 0.6 is 15.9 Å². The fourth-order valence-corrected chi connectivity index (χ4v) is 3.59. The van der Waals surface area contributed by atoms with Gasteiger partial charge in [0.2, 0.25) is 5.91 Å². The largest absolute Gasteiger partial charge is 0.320 e. The van der Waals surface area contributed by atoms with Crippen LogP contribution in [0.25, 0.3) is 0 Å². The third kappa shape index (κ3) is 3.08. The fraction of sp³-hybridized carbons (Fsp3) is 0.263. The number of nitrogens with one attached hydrogen (secondary N) is 1. The highest BCUT2D eigenvalue weighted by atomic mass is 79.9. The molecule has 0 spiro atoms. The Bertz CT molecular complexity index is 846. The molecule has 0 saturated heterocycles. The summed E-state index contributed by atoms with van der Waals surface area (Å²) in [7, 11) is 0. The Hall–Kier alpha value is -2.14. The van der Waals surface area contributed by atoms with E-state index in [0.717, 1.165) is 33.3 Å². The molecule has 1 heterocycles. The summed E-state index contributed by atoms with van der Waals surface area (Å²) in [6.07, 6.45) is 0.792. The Labute approximate surface area is 150 Å². The van der Waals surface area contributed by atoms with E-state index in [-0.39, 0.29) is 11.8 Å². The van der Waals surface area contributed by atoms with Crippen molar-refractivity contribution in [3.63, 3.8) is 0 Å². The number of carbonyl (C=O) groups is 2. The van der Waals surface area contributed by atoms with Gasteiger partial charge in [-0.05, 0) is 49.6 Å². The zero-order chi connectivity index (χ0) is 17.4. The lowest BCUT2D eigenvalue weighted by Gasteiger charge is -2.20. The van der Waals surface area contributed by atoms with Gasteiger partial charge in [0.1, 0.15) is 0 Å². The van der Waals surface area contributed by atoms with Crippen molar-refractivity contribution in [2.45, 2.75) is 27.2 Å². The first-order valence-corrected chi connectivity index (χ1v) is 8.65. The van der Waals surface area contributed by atoms with Crippen LogP contribution in [0.15, 0.2) is 34.8 Å². The molecule has 0 bridgehead atoms. The second-order valence-corrected chi connectivity index (χ2v) is 7.07. The van der Waals surface area contributed by atoms with Crippen LogP contribution in [-0.2, 0) is 11.2 Å². The van der Waals surface area contributed by atoms with Crippen molar-refractivity contribution in [3.05, 3.63) is 57.1 Å². The van der Waals surface area contributed by atoms with E-state index in [4.69, 9.17) is 0 Å². The number of anilines is 2. The predicted molar refractivity (Wildman–Crippen MR) is 99.7 cm³/mol. The molecule has 2 aromatic carbocycles. The summed E-state index contributed by atoms with van der Waals surface area (Å²) in [6.45, 7) is 6.08. The van der Waals surface area contributed by atoms with Gasteiger partial charge in [-0.15, -0.1) is 0 Å². The summed E-state index contributed by atoms with van der Waals surface area (Å²) < 4.78 is 0.892. The number of nitrogens with zero attached hydrogens (tertiary/aromatic N) is 1. The van der Waals surface area contributed by atoms with Crippen molar-refractivity contribution in [2.24, 2.45) is 0 Å². The SMILES string of the molecule is CC(=O)N1CCc2cc(Br)cc(NC(=O)c3cc(C)ccc3C)c21. The number of amides is 2.